The van der Waals surface area contributed by atoms with Crippen LogP contribution in [0.15, 0.2) is 41.2 Å². The number of hydrogen-bond donors (Lipinski definition) is 2. The van der Waals surface area contributed by atoms with E-state index in [-0.39, 0.29) is 35.8 Å². The van der Waals surface area contributed by atoms with Crippen molar-refractivity contribution in [2.45, 2.75) is 19.9 Å². The molecule has 0 fully saturated rings. The highest BCUT2D eigenvalue weighted by molar-refractivity contribution is 14.0. The molecule has 1 aromatic carbocycles. The predicted molar refractivity (Wildman–Crippen MR) is 92.4 cm³/mol. The lowest BCUT2D eigenvalue weighted by Gasteiger charge is -2.28. The molecule has 6 heteroatoms. The number of anilines is 1. The summed E-state index contributed by atoms with van der Waals surface area (Å²) in [4.78, 5) is 17.5. The van der Waals surface area contributed by atoms with Gasteiger partial charge in [-0.2, -0.15) is 4.99 Å². The molecular formula is C14H19IN4O. The molecule has 2 rings (SSSR count). The number of likely N-dealkylation sites (N-methyl/N-ethyl adjacent to an activating group) is 1. The number of halogens is 1. The lowest BCUT2D eigenvalue weighted by atomic mass is 10.1. The molecule has 3 N–H and O–H groups in total. The van der Waals surface area contributed by atoms with Crippen LogP contribution >= 0.6 is 24.0 Å². The maximum Gasteiger partial charge on any atom is 0.198 e. The highest BCUT2D eigenvalue weighted by Crippen LogP contribution is 2.17. The summed E-state index contributed by atoms with van der Waals surface area (Å²) in [5.41, 5.74) is 7.33. The number of ketones is 1. The number of nitrogens with two attached hydrogens (primary N) is 1. The van der Waals surface area contributed by atoms with Crippen molar-refractivity contribution in [1.82, 2.24) is 4.90 Å². The van der Waals surface area contributed by atoms with Crippen molar-refractivity contribution in [1.29, 1.82) is 0 Å². The van der Waals surface area contributed by atoms with Gasteiger partial charge in [-0.1, -0.05) is 12.1 Å². The molecule has 0 amide bonds. The van der Waals surface area contributed by atoms with Gasteiger partial charge in [0.2, 0.25) is 0 Å². The van der Waals surface area contributed by atoms with Gasteiger partial charge in [-0.3, -0.25) is 4.79 Å². The van der Waals surface area contributed by atoms with Gasteiger partial charge in [-0.25, -0.2) is 0 Å². The number of aliphatic imine (C=N–C) groups is 1. The Balaban J connectivity index is 0.00000200. The maximum atomic E-state index is 11.3. The van der Waals surface area contributed by atoms with Crippen LogP contribution in [-0.2, 0) is 0 Å². The number of nitrogens with one attached hydrogen (secondary N) is 1. The van der Waals surface area contributed by atoms with Gasteiger partial charge >= 0.3 is 0 Å². The maximum absolute atomic E-state index is 11.3. The van der Waals surface area contributed by atoms with Gasteiger partial charge < -0.3 is 16.0 Å². The van der Waals surface area contributed by atoms with E-state index in [9.17, 15) is 4.79 Å². The number of rotatable bonds is 3. The number of guanidine groups is 1. The molecule has 0 bridgehead atoms. The molecule has 0 aliphatic carbocycles. The average molecular weight is 386 g/mol. The fraction of sp³-hybridized carbons (Fsp3) is 0.286. The number of nitrogens with zero attached hydrogens (tertiary/aromatic N) is 2. The lowest BCUT2D eigenvalue weighted by molar-refractivity contribution is 0.101. The molecule has 0 aromatic heterocycles. The molecule has 1 aliphatic rings. The molecule has 20 heavy (non-hydrogen) atoms. The topological polar surface area (TPSA) is 70.7 Å². The number of benzene rings is 1. The van der Waals surface area contributed by atoms with E-state index in [1.165, 1.54) is 0 Å². The molecule has 0 radical (unpaired) electrons. The van der Waals surface area contributed by atoms with Crippen molar-refractivity contribution < 1.29 is 4.79 Å². The minimum absolute atomic E-state index is 0. The normalized spacial score (nSPS) is 17.8. The highest BCUT2D eigenvalue weighted by atomic mass is 127. The van der Waals surface area contributed by atoms with Crippen molar-refractivity contribution in [3.8, 4) is 0 Å². The molecular weight excluding hydrogens is 367 g/mol. The molecule has 1 unspecified atom stereocenters. The van der Waals surface area contributed by atoms with Crippen molar-refractivity contribution in [3.63, 3.8) is 0 Å². The van der Waals surface area contributed by atoms with E-state index in [0.29, 0.717) is 17.3 Å². The lowest BCUT2D eigenvalue weighted by Crippen LogP contribution is -2.42. The van der Waals surface area contributed by atoms with E-state index < -0.39 is 0 Å². The van der Waals surface area contributed by atoms with E-state index >= 15 is 0 Å². The Morgan fingerprint density at radius 3 is 2.75 bits per heavy atom. The van der Waals surface area contributed by atoms with Crippen LogP contribution in [0.3, 0.4) is 0 Å². The molecule has 0 spiro atoms. The monoisotopic (exact) mass is 386 g/mol. The highest BCUT2D eigenvalue weighted by Gasteiger charge is 2.16. The number of Topliss-reactive ketones (excluding diaryl/α,β-unsaturated/α-hetero) is 1. The standard InChI is InChI=1S/C14H18N4O.HI/c1-9-7-13(17-14(15)18(9)3)16-12-6-4-5-11(8-12)10(2)19;/h4-9,16H,1-3H3,(H2,15,17);1H. The van der Waals surface area contributed by atoms with Gasteiger partial charge in [0.1, 0.15) is 5.82 Å². The number of carbonyl (C=O) groups is 1. The largest absolute Gasteiger partial charge is 0.369 e. The molecule has 108 valence electrons. The second-order valence-electron chi connectivity index (χ2n) is 4.64. The van der Waals surface area contributed by atoms with Gasteiger partial charge in [0, 0.05) is 18.3 Å². The fourth-order valence-electron chi connectivity index (χ4n) is 1.82. The van der Waals surface area contributed by atoms with Crippen molar-refractivity contribution >= 4 is 41.4 Å². The molecule has 1 atom stereocenters. The third kappa shape index (κ3) is 3.72. The summed E-state index contributed by atoms with van der Waals surface area (Å²) in [6.45, 7) is 3.58. The third-order valence-corrected chi connectivity index (χ3v) is 3.15. The van der Waals surface area contributed by atoms with Gasteiger partial charge in [-0.15, -0.1) is 24.0 Å². The van der Waals surface area contributed by atoms with E-state index in [4.69, 9.17) is 5.73 Å². The van der Waals surface area contributed by atoms with Crippen LogP contribution < -0.4 is 11.1 Å². The zero-order valence-electron chi connectivity index (χ0n) is 11.8. The van der Waals surface area contributed by atoms with E-state index in [2.05, 4.69) is 10.3 Å². The third-order valence-electron chi connectivity index (χ3n) is 3.15. The van der Waals surface area contributed by atoms with Crippen molar-refractivity contribution in [2.24, 2.45) is 10.7 Å². The van der Waals surface area contributed by atoms with E-state index in [1.807, 2.05) is 37.1 Å². The summed E-state index contributed by atoms with van der Waals surface area (Å²) in [6.07, 6.45) is 1.98. The summed E-state index contributed by atoms with van der Waals surface area (Å²) >= 11 is 0. The van der Waals surface area contributed by atoms with Gasteiger partial charge in [0.05, 0.1) is 6.04 Å². The Hall–Kier alpha value is -1.57. The summed E-state index contributed by atoms with van der Waals surface area (Å²) in [7, 11) is 1.90. The molecule has 1 aliphatic heterocycles. The van der Waals surface area contributed by atoms with Gasteiger partial charge in [0.25, 0.3) is 0 Å². The Morgan fingerprint density at radius 2 is 2.15 bits per heavy atom. The molecule has 1 heterocycles. The Bertz CT molecular complexity index is 568. The van der Waals surface area contributed by atoms with E-state index in [0.717, 1.165) is 5.69 Å². The van der Waals surface area contributed by atoms with Crippen LogP contribution in [0.1, 0.15) is 24.2 Å². The second-order valence-corrected chi connectivity index (χ2v) is 4.64. The van der Waals surface area contributed by atoms with Crippen LogP contribution in [0.25, 0.3) is 0 Å². The summed E-state index contributed by atoms with van der Waals surface area (Å²) in [6, 6.07) is 7.50. The molecule has 0 saturated carbocycles. The van der Waals surface area contributed by atoms with E-state index in [1.54, 1.807) is 19.1 Å². The molecule has 5 nitrogen and oxygen atoms in total. The minimum Gasteiger partial charge on any atom is -0.369 e. The SMILES string of the molecule is CC(=O)c1cccc(NC2=CC(C)N(C)C(N)=N2)c1.I. The quantitative estimate of drug-likeness (QED) is 0.619. The van der Waals surface area contributed by atoms with Crippen LogP contribution in [0.4, 0.5) is 5.69 Å². The molecule has 1 aromatic rings. The number of hydrogen-bond acceptors (Lipinski definition) is 5. The summed E-state index contributed by atoms with van der Waals surface area (Å²) in [5, 5.41) is 3.17. The first kappa shape index (κ1) is 16.5. The van der Waals surface area contributed by atoms with Crippen molar-refractivity contribution in [2.75, 3.05) is 12.4 Å². The Labute approximate surface area is 136 Å². The summed E-state index contributed by atoms with van der Waals surface area (Å²) < 4.78 is 0. The van der Waals surface area contributed by atoms with Crippen molar-refractivity contribution in [3.05, 3.63) is 41.7 Å². The Kier molecular flexibility index (Phi) is 5.55. The van der Waals surface area contributed by atoms with Crippen LogP contribution in [0.2, 0.25) is 0 Å². The molecule has 0 saturated heterocycles. The van der Waals surface area contributed by atoms with Crippen LogP contribution in [-0.4, -0.2) is 29.7 Å². The smallest absolute Gasteiger partial charge is 0.198 e. The first-order valence-corrected chi connectivity index (χ1v) is 6.14. The van der Waals surface area contributed by atoms with Crippen LogP contribution in [0.5, 0.6) is 0 Å². The minimum atomic E-state index is 0. The first-order valence-electron chi connectivity index (χ1n) is 6.14. The average Bonchev–Trinajstić information content (AvgIpc) is 2.36. The van der Waals surface area contributed by atoms with Gasteiger partial charge in [-0.05, 0) is 32.1 Å². The fourth-order valence-corrected chi connectivity index (χ4v) is 1.82. The zero-order valence-corrected chi connectivity index (χ0v) is 14.1. The Morgan fingerprint density at radius 1 is 1.45 bits per heavy atom. The van der Waals surface area contributed by atoms with Crippen LogP contribution in [0, 0.1) is 0 Å². The van der Waals surface area contributed by atoms with Gasteiger partial charge in [0.15, 0.2) is 11.7 Å². The zero-order chi connectivity index (χ0) is 14.0. The number of carbonyl (C=O) groups excluding carboxylic acids is 1. The first-order chi connectivity index (χ1) is 8.97. The predicted octanol–water partition coefficient (Wildman–Crippen LogP) is 2.41. The summed E-state index contributed by atoms with van der Waals surface area (Å²) in [5.74, 6) is 1.21. The second kappa shape index (κ2) is 6.74.